The van der Waals surface area contributed by atoms with Gasteiger partial charge in [0.1, 0.15) is 0 Å². The molecule has 3 nitrogen and oxygen atoms in total. The fourth-order valence-corrected chi connectivity index (χ4v) is 4.00. The SMILES string of the molecule is CN(C)c1ccc(NC2CCCc3c2[nH]c2ccc(Br)cc32)cc1. The molecular weight excluding hydrogens is 362 g/mol. The summed E-state index contributed by atoms with van der Waals surface area (Å²) in [4.78, 5) is 5.77. The van der Waals surface area contributed by atoms with Gasteiger partial charge in [0.05, 0.1) is 6.04 Å². The van der Waals surface area contributed by atoms with E-state index < -0.39 is 0 Å². The Hall–Kier alpha value is -1.94. The van der Waals surface area contributed by atoms with Gasteiger partial charge in [-0.15, -0.1) is 0 Å². The summed E-state index contributed by atoms with van der Waals surface area (Å²) in [5, 5.41) is 5.07. The monoisotopic (exact) mass is 383 g/mol. The quantitative estimate of drug-likeness (QED) is 0.626. The lowest BCUT2D eigenvalue weighted by Crippen LogP contribution is -2.17. The Morgan fingerprint density at radius 3 is 2.67 bits per heavy atom. The Morgan fingerprint density at radius 2 is 1.92 bits per heavy atom. The molecule has 1 aliphatic carbocycles. The van der Waals surface area contributed by atoms with Crippen molar-refractivity contribution in [2.75, 3.05) is 24.3 Å². The number of hydrogen-bond donors (Lipinski definition) is 2. The van der Waals surface area contributed by atoms with Crippen molar-refractivity contribution in [1.82, 2.24) is 4.98 Å². The third-order valence-electron chi connectivity index (χ3n) is 4.89. The maximum atomic E-state index is 3.72. The highest BCUT2D eigenvalue weighted by atomic mass is 79.9. The van der Waals surface area contributed by atoms with Gasteiger partial charge in [-0.2, -0.15) is 0 Å². The number of nitrogens with one attached hydrogen (secondary N) is 2. The number of aromatic nitrogens is 1. The van der Waals surface area contributed by atoms with E-state index in [9.17, 15) is 0 Å². The highest BCUT2D eigenvalue weighted by molar-refractivity contribution is 9.10. The maximum Gasteiger partial charge on any atom is 0.0666 e. The van der Waals surface area contributed by atoms with Crippen LogP contribution >= 0.6 is 15.9 Å². The Labute approximate surface area is 151 Å². The first-order valence-corrected chi connectivity index (χ1v) is 9.25. The highest BCUT2D eigenvalue weighted by Crippen LogP contribution is 2.37. The molecule has 4 heteroatoms. The third-order valence-corrected chi connectivity index (χ3v) is 5.39. The maximum absolute atomic E-state index is 3.72. The second-order valence-electron chi connectivity index (χ2n) is 6.74. The molecule has 1 aliphatic rings. The van der Waals surface area contributed by atoms with Crippen LogP contribution in [0.1, 0.15) is 30.1 Å². The zero-order valence-corrected chi connectivity index (χ0v) is 15.7. The molecule has 3 aromatic rings. The van der Waals surface area contributed by atoms with Crippen LogP contribution in [0.3, 0.4) is 0 Å². The minimum atomic E-state index is 0.352. The summed E-state index contributed by atoms with van der Waals surface area (Å²) < 4.78 is 1.14. The number of aryl methyl sites for hydroxylation is 1. The van der Waals surface area contributed by atoms with Crippen molar-refractivity contribution in [2.45, 2.75) is 25.3 Å². The molecule has 0 saturated carbocycles. The van der Waals surface area contributed by atoms with E-state index in [-0.39, 0.29) is 0 Å². The van der Waals surface area contributed by atoms with Crippen LogP contribution in [0.25, 0.3) is 10.9 Å². The molecule has 0 fully saturated rings. The summed E-state index contributed by atoms with van der Waals surface area (Å²) in [7, 11) is 4.14. The van der Waals surface area contributed by atoms with Crippen molar-refractivity contribution in [1.29, 1.82) is 0 Å². The Morgan fingerprint density at radius 1 is 1.12 bits per heavy atom. The summed E-state index contributed by atoms with van der Waals surface area (Å²) in [6.45, 7) is 0. The van der Waals surface area contributed by atoms with Gasteiger partial charge in [0.2, 0.25) is 0 Å². The molecule has 0 spiro atoms. The number of halogens is 1. The van der Waals surface area contributed by atoms with Crippen LogP contribution in [0.4, 0.5) is 11.4 Å². The Bertz CT molecular complexity index is 864. The molecule has 0 radical (unpaired) electrons. The molecular formula is C20H22BrN3. The number of rotatable bonds is 3. The molecule has 124 valence electrons. The van der Waals surface area contributed by atoms with Crippen LogP contribution in [-0.4, -0.2) is 19.1 Å². The topological polar surface area (TPSA) is 31.1 Å². The van der Waals surface area contributed by atoms with Gasteiger partial charge < -0.3 is 15.2 Å². The zero-order valence-electron chi connectivity index (χ0n) is 14.1. The third kappa shape index (κ3) is 2.80. The Balaban J connectivity index is 1.65. The number of hydrogen-bond acceptors (Lipinski definition) is 2. The van der Waals surface area contributed by atoms with Gasteiger partial charge in [-0.25, -0.2) is 0 Å². The number of H-pyrrole nitrogens is 1. The van der Waals surface area contributed by atoms with Crippen LogP contribution in [0.5, 0.6) is 0 Å². The normalized spacial score (nSPS) is 16.9. The van der Waals surface area contributed by atoms with Crippen LogP contribution in [-0.2, 0) is 6.42 Å². The van der Waals surface area contributed by atoms with Gasteiger partial charge in [0.25, 0.3) is 0 Å². The lowest BCUT2D eigenvalue weighted by atomic mass is 9.91. The highest BCUT2D eigenvalue weighted by Gasteiger charge is 2.24. The first-order chi connectivity index (χ1) is 11.6. The minimum Gasteiger partial charge on any atom is -0.378 e. The second kappa shape index (κ2) is 6.17. The fourth-order valence-electron chi connectivity index (χ4n) is 3.64. The average molecular weight is 384 g/mol. The molecule has 4 rings (SSSR count). The average Bonchev–Trinajstić information content (AvgIpc) is 2.94. The lowest BCUT2D eigenvalue weighted by Gasteiger charge is -2.25. The van der Waals surface area contributed by atoms with Crippen molar-refractivity contribution < 1.29 is 0 Å². The summed E-state index contributed by atoms with van der Waals surface area (Å²) in [5.74, 6) is 0. The van der Waals surface area contributed by atoms with E-state index in [1.54, 1.807) is 0 Å². The van der Waals surface area contributed by atoms with Crippen LogP contribution in [0.15, 0.2) is 46.9 Å². The molecule has 2 aromatic carbocycles. The number of fused-ring (bicyclic) bond motifs is 3. The van der Waals surface area contributed by atoms with E-state index in [0.29, 0.717) is 6.04 Å². The Kier molecular flexibility index (Phi) is 4.01. The molecule has 1 heterocycles. The number of anilines is 2. The van der Waals surface area contributed by atoms with Crippen LogP contribution in [0, 0.1) is 0 Å². The molecule has 0 amide bonds. The first kappa shape index (κ1) is 15.6. The van der Waals surface area contributed by atoms with E-state index in [1.807, 2.05) is 0 Å². The predicted molar refractivity (Wildman–Crippen MR) is 106 cm³/mol. The van der Waals surface area contributed by atoms with Gasteiger partial charge in [0.15, 0.2) is 0 Å². The largest absolute Gasteiger partial charge is 0.378 e. The van der Waals surface area contributed by atoms with Crippen molar-refractivity contribution >= 4 is 38.2 Å². The molecule has 2 N–H and O–H groups in total. The van der Waals surface area contributed by atoms with Gasteiger partial charge in [-0.1, -0.05) is 15.9 Å². The summed E-state index contributed by atoms with van der Waals surface area (Å²) >= 11 is 3.60. The molecule has 1 unspecified atom stereocenters. The van der Waals surface area contributed by atoms with E-state index in [2.05, 4.69) is 87.7 Å². The molecule has 0 saturated heterocycles. The number of benzene rings is 2. The van der Waals surface area contributed by atoms with E-state index >= 15 is 0 Å². The fraction of sp³-hybridized carbons (Fsp3) is 0.300. The van der Waals surface area contributed by atoms with Crippen molar-refractivity contribution in [3.8, 4) is 0 Å². The predicted octanol–water partition coefficient (Wildman–Crippen LogP) is 5.49. The van der Waals surface area contributed by atoms with Crippen LogP contribution in [0.2, 0.25) is 0 Å². The molecule has 24 heavy (non-hydrogen) atoms. The van der Waals surface area contributed by atoms with Gasteiger partial charge in [-0.3, -0.25) is 0 Å². The summed E-state index contributed by atoms with van der Waals surface area (Å²) in [5.41, 5.74) is 6.46. The van der Waals surface area contributed by atoms with Crippen molar-refractivity contribution in [2.24, 2.45) is 0 Å². The summed E-state index contributed by atoms with van der Waals surface area (Å²) in [6.07, 6.45) is 3.54. The molecule has 1 atom stereocenters. The van der Waals surface area contributed by atoms with Gasteiger partial charge in [0, 0.05) is 46.5 Å². The van der Waals surface area contributed by atoms with Gasteiger partial charge in [-0.05, 0) is 67.3 Å². The van der Waals surface area contributed by atoms with E-state index in [1.165, 1.54) is 40.0 Å². The standard InChI is InChI=1S/C20H22BrN3/c1-24(2)15-9-7-14(8-10-15)22-19-5-3-4-16-17-12-13(21)6-11-18(17)23-20(16)19/h6-12,19,22-23H,3-5H2,1-2H3. The smallest absolute Gasteiger partial charge is 0.0666 e. The lowest BCUT2D eigenvalue weighted by molar-refractivity contribution is 0.593. The molecule has 0 bridgehead atoms. The molecule has 1 aromatic heterocycles. The molecule has 0 aliphatic heterocycles. The number of aromatic amines is 1. The van der Waals surface area contributed by atoms with Crippen molar-refractivity contribution in [3.63, 3.8) is 0 Å². The van der Waals surface area contributed by atoms with E-state index in [0.717, 1.165) is 17.3 Å². The number of nitrogens with zero attached hydrogens (tertiary/aromatic N) is 1. The van der Waals surface area contributed by atoms with Gasteiger partial charge >= 0.3 is 0 Å². The van der Waals surface area contributed by atoms with E-state index in [4.69, 9.17) is 0 Å². The van der Waals surface area contributed by atoms with Crippen molar-refractivity contribution in [3.05, 3.63) is 58.2 Å². The minimum absolute atomic E-state index is 0.352. The van der Waals surface area contributed by atoms with Crippen LogP contribution < -0.4 is 10.2 Å². The zero-order chi connectivity index (χ0) is 16.7. The second-order valence-corrected chi connectivity index (χ2v) is 7.65. The first-order valence-electron chi connectivity index (χ1n) is 8.46. The summed E-state index contributed by atoms with van der Waals surface area (Å²) in [6, 6.07) is 15.5.